The average molecular weight is 274 g/mol. The van der Waals surface area contributed by atoms with Crippen molar-refractivity contribution < 1.29 is 14.3 Å². The zero-order valence-electron chi connectivity index (χ0n) is 11.4. The molecule has 0 radical (unpaired) electrons. The number of carbonyl (C=O) groups is 1. The SMILES string of the molecule is COC(=O)c1nn(-c2cc(C)ccc2OC)ccc1=O. The summed E-state index contributed by atoms with van der Waals surface area (Å²) in [5.41, 5.74) is 0.886. The summed E-state index contributed by atoms with van der Waals surface area (Å²) in [6, 6.07) is 6.80. The Morgan fingerprint density at radius 2 is 2.00 bits per heavy atom. The average Bonchev–Trinajstić information content (AvgIpc) is 2.47. The van der Waals surface area contributed by atoms with Gasteiger partial charge in [-0.1, -0.05) is 6.07 Å². The molecule has 2 rings (SSSR count). The molecule has 0 atom stereocenters. The van der Waals surface area contributed by atoms with E-state index >= 15 is 0 Å². The van der Waals surface area contributed by atoms with E-state index in [-0.39, 0.29) is 5.69 Å². The zero-order valence-corrected chi connectivity index (χ0v) is 11.4. The normalized spacial score (nSPS) is 10.2. The fourth-order valence-corrected chi connectivity index (χ4v) is 1.76. The molecule has 0 spiro atoms. The van der Waals surface area contributed by atoms with Crippen LogP contribution in [0.25, 0.3) is 5.69 Å². The largest absolute Gasteiger partial charge is 0.494 e. The Morgan fingerprint density at radius 3 is 2.65 bits per heavy atom. The molecule has 0 saturated carbocycles. The van der Waals surface area contributed by atoms with E-state index in [1.165, 1.54) is 31.2 Å². The summed E-state index contributed by atoms with van der Waals surface area (Å²) >= 11 is 0. The van der Waals surface area contributed by atoms with Crippen molar-refractivity contribution in [1.82, 2.24) is 9.78 Å². The van der Waals surface area contributed by atoms with Crippen molar-refractivity contribution in [2.45, 2.75) is 6.92 Å². The number of esters is 1. The van der Waals surface area contributed by atoms with E-state index in [4.69, 9.17) is 4.74 Å². The minimum atomic E-state index is -0.768. The predicted octanol–water partition coefficient (Wildman–Crippen LogP) is 1.34. The van der Waals surface area contributed by atoms with Crippen LogP contribution in [0.1, 0.15) is 16.1 Å². The highest BCUT2D eigenvalue weighted by atomic mass is 16.5. The number of aryl methyl sites for hydroxylation is 1. The minimum Gasteiger partial charge on any atom is -0.494 e. The number of hydrogen-bond acceptors (Lipinski definition) is 5. The maximum absolute atomic E-state index is 11.6. The molecule has 0 amide bonds. The molecular weight excluding hydrogens is 260 g/mol. The summed E-state index contributed by atoms with van der Waals surface area (Å²) in [4.78, 5) is 23.1. The third-order valence-corrected chi connectivity index (χ3v) is 2.77. The summed E-state index contributed by atoms with van der Waals surface area (Å²) in [6.45, 7) is 1.92. The molecule has 0 aliphatic heterocycles. The molecule has 6 heteroatoms. The van der Waals surface area contributed by atoms with E-state index in [1.807, 2.05) is 19.1 Å². The molecule has 0 aliphatic rings. The van der Waals surface area contributed by atoms with Crippen molar-refractivity contribution in [3.63, 3.8) is 0 Å². The fraction of sp³-hybridized carbons (Fsp3) is 0.214. The van der Waals surface area contributed by atoms with Crippen molar-refractivity contribution in [3.05, 3.63) is 51.9 Å². The van der Waals surface area contributed by atoms with E-state index in [2.05, 4.69) is 9.84 Å². The first kappa shape index (κ1) is 13.8. The third kappa shape index (κ3) is 2.54. The number of methoxy groups -OCH3 is 2. The number of carbonyl (C=O) groups excluding carboxylic acids is 1. The Balaban J connectivity index is 2.62. The summed E-state index contributed by atoms with van der Waals surface area (Å²) in [5.74, 6) is -0.182. The molecule has 0 saturated heterocycles. The van der Waals surface area contributed by atoms with Crippen molar-refractivity contribution in [2.75, 3.05) is 14.2 Å². The van der Waals surface area contributed by atoms with Crippen LogP contribution >= 0.6 is 0 Å². The molecule has 1 aromatic carbocycles. The van der Waals surface area contributed by atoms with Gasteiger partial charge in [-0.2, -0.15) is 5.10 Å². The lowest BCUT2D eigenvalue weighted by atomic mass is 10.2. The maximum Gasteiger partial charge on any atom is 0.362 e. The van der Waals surface area contributed by atoms with Gasteiger partial charge in [-0.25, -0.2) is 9.48 Å². The number of nitrogens with zero attached hydrogens (tertiary/aromatic N) is 2. The summed E-state index contributed by atoms with van der Waals surface area (Å²) in [5, 5.41) is 4.01. The standard InChI is InChI=1S/C14H14N2O4/c1-9-4-5-12(19-2)10(8-9)16-7-6-11(17)13(15-16)14(18)20-3/h4-8H,1-3H3. The predicted molar refractivity (Wildman–Crippen MR) is 72.5 cm³/mol. The Bertz CT molecular complexity index is 707. The number of benzene rings is 1. The second-order valence-electron chi connectivity index (χ2n) is 4.14. The Labute approximate surface area is 115 Å². The van der Waals surface area contributed by atoms with Crippen molar-refractivity contribution in [1.29, 1.82) is 0 Å². The molecule has 0 N–H and O–H groups in total. The van der Waals surface area contributed by atoms with Crippen LogP contribution in [0.5, 0.6) is 5.75 Å². The molecule has 2 aromatic rings. The van der Waals surface area contributed by atoms with Gasteiger partial charge in [0.15, 0.2) is 0 Å². The van der Waals surface area contributed by atoms with Crippen molar-refractivity contribution in [3.8, 4) is 11.4 Å². The van der Waals surface area contributed by atoms with Crippen LogP contribution in [-0.2, 0) is 4.74 Å². The van der Waals surface area contributed by atoms with Crippen molar-refractivity contribution >= 4 is 5.97 Å². The molecule has 1 aromatic heterocycles. The van der Waals surface area contributed by atoms with Crippen LogP contribution in [0, 0.1) is 6.92 Å². The highest BCUT2D eigenvalue weighted by molar-refractivity contribution is 5.86. The highest BCUT2D eigenvalue weighted by Crippen LogP contribution is 2.22. The number of rotatable bonds is 3. The number of ether oxygens (including phenoxy) is 2. The van der Waals surface area contributed by atoms with Gasteiger partial charge < -0.3 is 9.47 Å². The van der Waals surface area contributed by atoms with Crippen molar-refractivity contribution in [2.24, 2.45) is 0 Å². The maximum atomic E-state index is 11.6. The van der Waals surface area contributed by atoms with Gasteiger partial charge in [-0.05, 0) is 24.6 Å². The molecule has 0 fully saturated rings. The molecule has 20 heavy (non-hydrogen) atoms. The molecule has 1 heterocycles. The van der Waals surface area contributed by atoms with Crippen LogP contribution in [0.4, 0.5) is 0 Å². The van der Waals surface area contributed by atoms with Gasteiger partial charge in [0.2, 0.25) is 11.1 Å². The van der Waals surface area contributed by atoms with E-state index in [0.717, 1.165) is 5.56 Å². The smallest absolute Gasteiger partial charge is 0.362 e. The first-order valence-corrected chi connectivity index (χ1v) is 5.90. The van der Waals surface area contributed by atoms with Crippen LogP contribution in [0.15, 0.2) is 35.3 Å². The highest BCUT2D eigenvalue weighted by Gasteiger charge is 2.14. The molecular formula is C14H14N2O4. The number of aromatic nitrogens is 2. The lowest BCUT2D eigenvalue weighted by Crippen LogP contribution is -2.21. The van der Waals surface area contributed by atoms with Crippen LogP contribution in [0.2, 0.25) is 0 Å². The van der Waals surface area contributed by atoms with Gasteiger partial charge in [0.05, 0.1) is 14.2 Å². The Kier molecular flexibility index (Phi) is 3.84. The lowest BCUT2D eigenvalue weighted by molar-refractivity contribution is 0.0590. The van der Waals surface area contributed by atoms with Crippen LogP contribution in [-0.4, -0.2) is 30.0 Å². The Hall–Kier alpha value is -2.63. The Morgan fingerprint density at radius 1 is 1.25 bits per heavy atom. The second kappa shape index (κ2) is 5.56. The fourth-order valence-electron chi connectivity index (χ4n) is 1.76. The molecule has 104 valence electrons. The molecule has 6 nitrogen and oxygen atoms in total. The van der Waals surface area contributed by atoms with E-state index in [9.17, 15) is 9.59 Å². The topological polar surface area (TPSA) is 70.4 Å². The van der Waals surface area contributed by atoms with Gasteiger partial charge in [0.25, 0.3) is 0 Å². The first-order valence-electron chi connectivity index (χ1n) is 5.90. The molecule has 0 aliphatic carbocycles. The van der Waals surface area contributed by atoms with Gasteiger partial charge in [0, 0.05) is 12.3 Å². The van der Waals surface area contributed by atoms with E-state index < -0.39 is 11.4 Å². The minimum absolute atomic E-state index is 0.265. The van der Waals surface area contributed by atoms with E-state index in [0.29, 0.717) is 11.4 Å². The van der Waals surface area contributed by atoms with Gasteiger partial charge in [-0.3, -0.25) is 4.79 Å². The van der Waals surface area contributed by atoms with E-state index in [1.54, 1.807) is 6.07 Å². The third-order valence-electron chi connectivity index (χ3n) is 2.77. The summed E-state index contributed by atoms with van der Waals surface area (Å²) < 4.78 is 11.2. The monoisotopic (exact) mass is 274 g/mol. The summed E-state index contributed by atoms with van der Waals surface area (Å²) in [7, 11) is 2.74. The molecule has 0 bridgehead atoms. The van der Waals surface area contributed by atoms with Gasteiger partial charge in [-0.15, -0.1) is 0 Å². The first-order chi connectivity index (χ1) is 9.56. The summed E-state index contributed by atoms with van der Waals surface area (Å²) in [6.07, 6.45) is 1.48. The van der Waals surface area contributed by atoms with Gasteiger partial charge in [0.1, 0.15) is 11.4 Å². The van der Waals surface area contributed by atoms with Crippen LogP contribution in [0.3, 0.4) is 0 Å². The quantitative estimate of drug-likeness (QED) is 0.790. The van der Waals surface area contributed by atoms with Gasteiger partial charge >= 0.3 is 5.97 Å². The molecule has 0 unspecified atom stereocenters. The van der Waals surface area contributed by atoms with Crippen LogP contribution < -0.4 is 10.2 Å². The number of hydrogen-bond donors (Lipinski definition) is 0. The second-order valence-corrected chi connectivity index (χ2v) is 4.14. The lowest BCUT2D eigenvalue weighted by Gasteiger charge is -2.11. The zero-order chi connectivity index (χ0) is 14.7.